The molecule has 0 aliphatic heterocycles. The van der Waals surface area contributed by atoms with Crippen molar-refractivity contribution in [2.45, 2.75) is 58.0 Å². The van der Waals surface area contributed by atoms with Crippen molar-refractivity contribution in [1.29, 1.82) is 0 Å². The molecule has 120 valence electrons. The number of aliphatic carboxylic acids is 1. The normalized spacial score (nSPS) is 21.7. The highest BCUT2D eigenvalue weighted by Crippen LogP contribution is 2.24. The minimum Gasteiger partial charge on any atom is -0.481 e. The lowest BCUT2D eigenvalue weighted by molar-refractivity contribution is -0.143. The summed E-state index contributed by atoms with van der Waals surface area (Å²) in [4.78, 5) is 34.3. The number of hydrogen-bond acceptors (Lipinski definition) is 3. The average molecular weight is 299 g/mol. The predicted molar refractivity (Wildman–Crippen MR) is 77.8 cm³/mol. The Morgan fingerprint density at radius 2 is 1.86 bits per heavy atom. The van der Waals surface area contributed by atoms with Crippen molar-refractivity contribution in [3.05, 3.63) is 0 Å². The third-order valence-electron chi connectivity index (χ3n) is 3.49. The van der Waals surface area contributed by atoms with Crippen molar-refractivity contribution in [2.24, 2.45) is 5.92 Å². The quantitative estimate of drug-likeness (QED) is 0.583. The van der Waals surface area contributed by atoms with E-state index in [1.54, 1.807) is 0 Å². The fraction of sp³-hybridized carbons (Fsp3) is 0.786. The Balaban J connectivity index is 2.29. The molecule has 4 N–H and O–H groups in total. The van der Waals surface area contributed by atoms with Crippen molar-refractivity contribution in [1.82, 2.24) is 16.0 Å². The Labute approximate surface area is 124 Å². The zero-order valence-corrected chi connectivity index (χ0v) is 12.6. The first-order valence-electron chi connectivity index (χ1n) is 7.46. The zero-order valence-electron chi connectivity index (χ0n) is 12.6. The molecule has 0 heterocycles. The Bertz CT molecular complexity index is 384. The Hall–Kier alpha value is -1.79. The summed E-state index contributed by atoms with van der Waals surface area (Å²) in [5.74, 6) is -1.50. The van der Waals surface area contributed by atoms with E-state index in [2.05, 4.69) is 16.0 Å². The van der Waals surface area contributed by atoms with Crippen LogP contribution in [0.2, 0.25) is 0 Å². The van der Waals surface area contributed by atoms with E-state index in [1.807, 2.05) is 13.8 Å². The van der Waals surface area contributed by atoms with Crippen LogP contribution in [0.1, 0.15) is 46.0 Å². The van der Waals surface area contributed by atoms with Gasteiger partial charge in [0.2, 0.25) is 5.91 Å². The molecular weight excluding hydrogens is 274 g/mol. The second kappa shape index (κ2) is 8.49. The molecule has 21 heavy (non-hydrogen) atoms. The molecule has 0 radical (unpaired) electrons. The lowest BCUT2D eigenvalue weighted by Crippen LogP contribution is -2.49. The second-order valence-corrected chi connectivity index (χ2v) is 5.71. The average Bonchev–Trinajstić information content (AvgIpc) is 2.38. The van der Waals surface area contributed by atoms with E-state index in [4.69, 9.17) is 5.11 Å². The number of rotatable bonds is 6. The summed E-state index contributed by atoms with van der Waals surface area (Å²) in [6.45, 7) is 3.97. The van der Waals surface area contributed by atoms with Crippen LogP contribution in [-0.2, 0) is 9.59 Å². The van der Waals surface area contributed by atoms with Crippen LogP contribution >= 0.6 is 0 Å². The van der Waals surface area contributed by atoms with E-state index in [9.17, 15) is 14.4 Å². The standard InChI is InChI=1S/C14H25N3O4/c1-9(2)16-12(18)7-8-15-14(21)17-11-6-4-3-5-10(11)13(19)20/h9-11H,3-8H2,1-2H3,(H,16,18)(H,19,20)(H2,15,17,21). The number of carbonyl (C=O) groups excluding carboxylic acids is 2. The molecular formula is C14H25N3O4. The van der Waals surface area contributed by atoms with Gasteiger partial charge in [-0.05, 0) is 26.7 Å². The first-order valence-corrected chi connectivity index (χ1v) is 7.46. The van der Waals surface area contributed by atoms with E-state index in [1.165, 1.54) is 0 Å². The molecule has 1 aliphatic rings. The first kappa shape index (κ1) is 17.3. The van der Waals surface area contributed by atoms with Gasteiger partial charge < -0.3 is 21.1 Å². The summed E-state index contributed by atoms with van der Waals surface area (Å²) < 4.78 is 0. The molecule has 3 amide bonds. The highest BCUT2D eigenvalue weighted by molar-refractivity contribution is 5.79. The molecule has 2 unspecified atom stereocenters. The highest BCUT2D eigenvalue weighted by Gasteiger charge is 2.31. The summed E-state index contributed by atoms with van der Waals surface area (Å²) >= 11 is 0. The van der Waals surface area contributed by atoms with E-state index < -0.39 is 17.9 Å². The fourth-order valence-corrected chi connectivity index (χ4v) is 2.50. The van der Waals surface area contributed by atoms with Gasteiger partial charge in [0.1, 0.15) is 0 Å². The summed E-state index contributed by atoms with van der Waals surface area (Å²) in [6.07, 6.45) is 3.28. The van der Waals surface area contributed by atoms with Crippen molar-refractivity contribution in [2.75, 3.05) is 6.54 Å². The van der Waals surface area contributed by atoms with Crippen molar-refractivity contribution in [3.8, 4) is 0 Å². The maximum absolute atomic E-state index is 11.7. The fourth-order valence-electron chi connectivity index (χ4n) is 2.50. The maximum atomic E-state index is 11.7. The number of hydrogen-bond donors (Lipinski definition) is 4. The molecule has 2 atom stereocenters. The van der Waals surface area contributed by atoms with Crippen LogP contribution in [0, 0.1) is 5.92 Å². The number of carboxylic acid groups (broad SMARTS) is 1. The molecule has 0 saturated heterocycles. The first-order chi connectivity index (χ1) is 9.90. The van der Waals surface area contributed by atoms with Crippen molar-refractivity contribution < 1.29 is 19.5 Å². The van der Waals surface area contributed by atoms with Crippen LogP contribution in [0.3, 0.4) is 0 Å². The van der Waals surface area contributed by atoms with Gasteiger partial charge in [0.05, 0.1) is 5.92 Å². The van der Waals surface area contributed by atoms with Gasteiger partial charge in [-0.1, -0.05) is 12.8 Å². The van der Waals surface area contributed by atoms with Crippen LogP contribution in [0.15, 0.2) is 0 Å². The van der Waals surface area contributed by atoms with Crippen LogP contribution in [0.25, 0.3) is 0 Å². The molecule has 7 heteroatoms. The van der Waals surface area contributed by atoms with Gasteiger partial charge in [-0.3, -0.25) is 9.59 Å². The highest BCUT2D eigenvalue weighted by atomic mass is 16.4. The zero-order chi connectivity index (χ0) is 15.8. The molecule has 0 aromatic carbocycles. The van der Waals surface area contributed by atoms with Crippen LogP contribution in [0.5, 0.6) is 0 Å². The third kappa shape index (κ3) is 6.46. The van der Waals surface area contributed by atoms with Gasteiger partial charge in [0, 0.05) is 25.0 Å². The summed E-state index contributed by atoms with van der Waals surface area (Å²) in [5, 5.41) is 17.2. The summed E-state index contributed by atoms with van der Waals surface area (Å²) in [5.41, 5.74) is 0. The van der Waals surface area contributed by atoms with Crippen LogP contribution < -0.4 is 16.0 Å². The Morgan fingerprint density at radius 3 is 2.48 bits per heavy atom. The smallest absolute Gasteiger partial charge is 0.315 e. The molecule has 1 rings (SSSR count). The van der Waals surface area contributed by atoms with E-state index in [0.29, 0.717) is 12.8 Å². The molecule has 0 bridgehead atoms. The van der Waals surface area contributed by atoms with E-state index in [0.717, 1.165) is 12.8 Å². The maximum Gasteiger partial charge on any atom is 0.315 e. The molecule has 1 aliphatic carbocycles. The summed E-state index contributed by atoms with van der Waals surface area (Å²) in [6, 6.07) is -0.670. The van der Waals surface area contributed by atoms with E-state index in [-0.39, 0.29) is 31.0 Å². The van der Waals surface area contributed by atoms with Gasteiger partial charge in [-0.25, -0.2) is 4.79 Å². The number of amides is 3. The van der Waals surface area contributed by atoms with Crippen LogP contribution in [0.4, 0.5) is 4.79 Å². The third-order valence-corrected chi connectivity index (χ3v) is 3.49. The van der Waals surface area contributed by atoms with Crippen molar-refractivity contribution >= 4 is 17.9 Å². The van der Waals surface area contributed by atoms with Gasteiger partial charge in [-0.15, -0.1) is 0 Å². The molecule has 1 saturated carbocycles. The topological polar surface area (TPSA) is 108 Å². The predicted octanol–water partition coefficient (Wildman–Crippen LogP) is 0.844. The van der Waals surface area contributed by atoms with E-state index >= 15 is 0 Å². The number of carbonyl (C=O) groups is 3. The minimum absolute atomic E-state index is 0.0740. The van der Waals surface area contributed by atoms with Crippen LogP contribution in [-0.4, -0.2) is 41.6 Å². The SMILES string of the molecule is CC(C)NC(=O)CCNC(=O)NC1CCCCC1C(=O)O. The summed E-state index contributed by atoms with van der Waals surface area (Å²) in [7, 11) is 0. The molecule has 0 aromatic rings. The monoisotopic (exact) mass is 299 g/mol. The molecule has 0 spiro atoms. The Morgan fingerprint density at radius 1 is 1.19 bits per heavy atom. The molecule has 0 aromatic heterocycles. The number of urea groups is 1. The second-order valence-electron chi connectivity index (χ2n) is 5.71. The lowest BCUT2D eigenvalue weighted by Gasteiger charge is -2.29. The van der Waals surface area contributed by atoms with Gasteiger partial charge in [0.15, 0.2) is 0 Å². The van der Waals surface area contributed by atoms with Crippen molar-refractivity contribution in [3.63, 3.8) is 0 Å². The van der Waals surface area contributed by atoms with Gasteiger partial charge in [-0.2, -0.15) is 0 Å². The number of nitrogens with one attached hydrogen (secondary N) is 3. The number of carboxylic acids is 1. The molecule has 1 fully saturated rings. The molecule has 7 nitrogen and oxygen atoms in total. The van der Waals surface area contributed by atoms with Gasteiger partial charge in [0.25, 0.3) is 0 Å². The Kier molecular flexibility index (Phi) is 6.98. The van der Waals surface area contributed by atoms with Gasteiger partial charge >= 0.3 is 12.0 Å². The minimum atomic E-state index is -0.865. The lowest BCUT2D eigenvalue weighted by atomic mass is 9.84. The largest absolute Gasteiger partial charge is 0.481 e.